The second kappa shape index (κ2) is 11.4. The molecule has 4 aliphatic rings. The van der Waals surface area contributed by atoms with Crippen LogP contribution in [0.25, 0.3) is 0 Å². The van der Waals surface area contributed by atoms with Crippen LogP contribution in [0.1, 0.15) is 72.9 Å². The Labute approximate surface area is 316 Å². The Morgan fingerprint density at radius 2 is 1.21 bits per heavy atom. The number of nitrogens with zero attached hydrogens (tertiary/aromatic N) is 3. The number of para-hydroxylation sites is 2. The van der Waals surface area contributed by atoms with E-state index in [1.807, 2.05) is 0 Å². The predicted molar refractivity (Wildman–Crippen MR) is 227 cm³/mol. The van der Waals surface area contributed by atoms with E-state index in [4.69, 9.17) is 0 Å². The van der Waals surface area contributed by atoms with Gasteiger partial charge in [-0.15, -0.1) is 0 Å². The summed E-state index contributed by atoms with van der Waals surface area (Å²) in [7, 11) is 0. The summed E-state index contributed by atoms with van der Waals surface area (Å²) in [5, 5.41) is 0. The van der Waals surface area contributed by atoms with Gasteiger partial charge in [0.1, 0.15) is 0 Å². The summed E-state index contributed by atoms with van der Waals surface area (Å²) >= 11 is 0. The number of rotatable bonds is 4. The molecular weight excluding hydrogens is 641 g/mol. The fourth-order valence-corrected chi connectivity index (χ4v) is 10.7. The molecule has 1 aliphatic carbocycles. The summed E-state index contributed by atoms with van der Waals surface area (Å²) in [5.41, 5.74) is 22.5. The van der Waals surface area contributed by atoms with E-state index in [0.29, 0.717) is 0 Å². The minimum absolute atomic E-state index is 0.0504. The third-order valence-electron chi connectivity index (χ3n) is 13.6. The highest BCUT2D eigenvalue weighted by Gasteiger charge is 2.61. The van der Waals surface area contributed by atoms with Crippen molar-refractivity contribution in [3.8, 4) is 0 Å². The summed E-state index contributed by atoms with van der Waals surface area (Å²) in [6.45, 7) is 16.6. The maximum absolute atomic E-state index is 2.86. The molecule has 3 nitrogen and oxygen atoms in total. The molecule has 6 aromatic rings. The molecular formula is C49H48BN3. The van der Waals surface area contributed by atoms with E-state index < -0.39 is 0 Å². The molecule has 262 valence electrons. The molecule has 2 atom stereocenters. The van der Waals surface area contributed by atoms with Crippen molar-refractivity contribution in [1.29, 1.82) is 0 Å². The molecule has 4 heteroatoms. The average molecular weight is 690 g/mol. The summed E-state index contributed by atoms with van der Waals surface area (Å²) in [6, 6.07) is 44.2. The fraction of sp³-hybridized carbons (Fsp3) is 0.265. The van der Waals surface area contributed by atoms with Crippen LogP contribution in [0.3, 0.4) is 0 Å². The van der Waals surface area contributed by atoms with Crippen molar-refractivity contribution in [3.05, 3.63) is 149 Å². The fourth-order valence-electron chi connectivity index (χ4n) is 10.7. The topological polar surface area (TPSA) is 9.72 Å². The molecule has 1 saturated carbocycles. The number of hydrogen-bond donors (Lipinski definition) is 0. The van der Waals surface area contributed by atoms with Crippen LogP contribution in [0.5, 0.6) is 0 Å². The van der Waals surface area contributed by atoms with E-state index in [9.17, 15) is 0 Å². The van der Waals surface area contributed by atoms with Crippen LogP contribution < -0.4 is 31.1 Å². The monoisotopic (exact) mass is 689 g/mol. The first-order chi connectivity index (χ1) is 25.6. The third-order valence-corrected chi connectivity index (χ3v) is 13.6. The summed E-state index contributed by atoms with van der Waals surface area (Å²) in [5.74, 6) is 0. The van der Waals surface area contributed by atoms with Gasteiger partial charge in [0, 0.05) is 45.2 Å². The number of aryl methyl sites for hydroxylation is 5. The van der Waals surface area contributed by atoms with Crippen molar-refractivity contribution in [1.82, 2.24) is 0 Å². The van der Waals surface area contributed by atoms with Crippen LogP contribution >= 0.6 is 0 Å². The molecule has 0 spiro atoms. The molecule has 1 fully saturated rings. The summed E-state index contributed by atoms with van der Waals surface area (Å²) in [4.78, 5) is 7.96. The molecule has 3 heterocycles. The maximum Gasteiger partial charge on any atom is 0.252 e. The third kappa shape index (κ3) is 4.42. The first-order valence-corrected chi connectivity index (χ1v) is 19.6. The van der Waals surface area contributed by atoms with E-state index in [2.05, 4.69) is 178 Å². The van der Waals surface area contributed by atoms with Crippen molar-refractivity contribution in [2.75, 3.05) is 14.7 Å². The minimum atomic E-state index is -0.0504. The van der Waals surface area contributed by atoms with Gasteiger partial charge < -0.3 is 14.7 Å². The van der Waals surface area contributed by atoms with Gasteiger partial charge >= 0.3 is 0 Å². The van der Waals surface area contributed by atoms with Crippen LogP contribution in [-0.4, -0.2) is 12.3 Å². The number of anilines is 8. The maximum atomic E-state index is 2.86. The zero-order valence-corrected chi connectivity index (χ0v) is 32.2. The van der Waals surface area contributed by atoms with Crippen molar-refractivity contribution in [2.24, 2.45) is 0 Å². The first kappa shape index (κ1) is 32.4. The lowest BCUT2D eigenvalue weighted by Crippen LogP contribution is -2.64. The number of fused-ring (bicyclic) bond motifs is 7. The van der Waals surface area contributed by atoms with E-state index >= 15 is 0 Å². The van der Waals surface area contributed by atoms with Gasteiger partial charge in [0.05, 0.1) is 11.2 Å². The van der Waals surface area contributed by atoms with Gasteiger partial charge in [-0.1, -0.05) is 109 Å². The smallest absolute Gasteiger partial charge is 0.252 e. The average Bonchev–Trinajstić information content (AvgIpc) is 3.35. The molecule has 3 aliphatic heterocycles. The van der Waals surface area contributed by atoms with Crippen LogP contribution in [0.15, 0.2) is 115 Å². The van der Waals surface area contributed by atoms with Gasteiger partial charge in [0.25, 0.3) is 6.71 Å². The van der Waals surface area contributed by atoms with E-state index in [1.54, 1.807) is 5.56 Å². The Morgan fingerprint density at radius 1 is 0.585 bits per heavy atom. The van der Waals surface area contributed by atoms with Crippen molar-refractivity contribution in [2.45, 2.75) is 85.1 Å². The normalized spacial score (nSPS) is 20.5. The second-order valence-electron chi connectivity index (χ2n) is 16.9. The van der Waals surface area contributed by atoms with Gasteiger partial charge in [-0.3, -0.25) is 0 Å². The zero-order chi connectivity index (χ0) is 36.4. The highest BCUT2D eigenvalue weighted by molar-refractivity contribution is 7.00. The van der Waals surface area contributed by atoms with Gasteiger partial charge in [0.2, 0.25) is 0 Å². The highest BCUT2D eigenvalue weighted by Crippen LogP contribution is 2.62. The lowest BCUT2D eigenvalue weighted by molar-refractivity contribution is 0.195. The van der Waals surface area contributed by atoms with Crippen LogP contribution in [0, 0.1) is 34.6 Å². The van der Waals surface area contributed by atoms with Gasteiger partial charge in [-0.2, -0.15) is 0 Å². The lowest BCUT2D eigenvalue weighted by Gasteiger charge is -2.53. The molecule has 10 rings (SSSR count). The largest absolute Gasteiger partial charge is 0.335 e. The SMILES string of the molecule is Cc1ccc(N2c3ccc(C)cc3B3c4cc(C)cc5c4N(c4cc(N(c6ccccc6C)c6ccccc6C)cc2c43)C2(C)CCCCC52C)cc1. The Kier molecular flexibility index (Phi) is 6.97. The standard InChI is InChI=1S/C49H48BN3/c1-31-18-21-36(22-19-31)51-43-23-20-32(2)27-39(43)50-40-28-33(3)26-38-47(40)53(49(7)25-13-12-24-48(38,49)6)45-30-37(29-44(51)46(45)50)52(41-16-10-8-14-34(41)4)42-17-11-9-15-35(42)5/h8-11,14-23,26-30H,12-13,24-25H2,1-7H3. The van der Waals surface area contributed by atoms with Crippen LogP contribution in [0.4, 0.5) is 45.5 Å². The molecule has 6 aromatic carbocycles. The second-order valence-corrected chi connectivity index (χ2v) is 16.9. The van der Waals surface area contributed by atoms with E-state index in [-0.39, 0.29) is 17.7 Å². The number of benzene rings is 6. The van der Waals surface area contributed by atoms with Crippen LogP contribution in [0.2, 0.25) is 0 Å². The Balaban J connectivity index is 1.36. The molecule has 2 unspecified atom stereocenters. The highest BCUT2D eigenvalue weighted by atomic mass is 15.3. The van der Waals surface area contributed by atoms with Crippen LogP contribution in [-0.2, 0) is 5.41 Å². The number of hydrogen-bond acceptors (Lipinski definition) is 3. The van der Waals surface area contributed by atoms with Gasteiger partial charge in [-0.25, -0.2) is 0 Å². The predicted octanol–water partition coefficient (Wildman–Crippen LogP) is 11.1. The molecule has 0 aromatic heterocycles. The quantitative estimate of drug-likeness (QED) is 0.170. The summed E-state index contributed by atoms with van der Waals surface area (Å²) in [6.07, 6.45) is 4.93. The first-order valence-electron chi connectivity index (χ1n) is 19.6. The van der Waals surface area contributed by atoms with E-state index in [1.165, 1.54) is 115 Å². The molecule has 53 heavy (non-hydrogen) atoms. The minimum Gasteiger partial charge on any atom is -0.335 e. The Bertz CT molecular complexity index is 2440. The molecule has 0 N–H and O–H groups in total. The van der Waals surface area contributed by atoms with Gasteiger partial charge in [-0.05, 0) is 130 Å². The Morgan fingerprint density at radius 3 is 1.91 bits per heavy atom. The molecule has 0 amide bonds. The molecule has 0 saturated heterocycles. The van der Waals surface area contributed by atoms with Crippen molar-refractivity contribution < 1.29 is 0 Å². The van der Waals surface area contributed by atoms with Crippen molar-refractivity contribution in [3.63, 3.8) is 0 Å². The summed E-state index contributed by atoms with van der Waals surface area (Å²) < 4.78 is 0. The van der Waals surface area contributed by atoms with Crippen molar-refractivity contribution >= 4 is 68.6 Å². The van der Waals surface area contributed by atoms with Gasteiger partial charge in [0.15, 0.2) is 0 Å². The zero-order valence-electron chi connectivity index (χ0n) is 32.2. The molecule has 0 bridgehead atoms. The molecule has 0 radical (unpaired) electrons. The Hall–Kier alpha value is -5.22. The van der Waals surface area contributed by atoms with E-state index in [0.717, 1.165) is 0 Å². The lowest BCUT2D eigenvalue weighted by atomic mass is 9.33.